The smallest absolute Gasteiger partial charge is 0.119 e. The summed E-state index contributed by atoms with van der Waals surface area (Å²) in [5.41, 5.74) is 2.62. The summed E-state index contributed by atoms with van der Waals surface area (Å²) in [6.07, 6.45) is 3.73. The zero-order valence-corrected chi connectivity index (χ0v) is 13.1. The lowest BCUT2D eigenvalue weighted by molar-refractivity contribution is 0.250. The molecule has 2 rings (SSSR count). The van der Waals surface area contributed by atoms with Gasteiger partial charge in [0.25, 0.3) is 0 Å². The van der Waals surface area contributed by atoms with Crippen molar-refractivity contribution in [1.82, 2.24) is 10.2 Å². The number of likely N-dealkylation sites (N-methyl/N-ethyl adjacent to an activating group) is 1. The predicted octanol–water partition coefficient (Wildman–Crippen LogP) is 2.76. The van der Waals surface area contributed by atoms with Gasteiger partial charge in [-0.15, -0.1) is 0 Å². The summed E-state index contributed by atoms with van der Waals surface area (Å²) in [5.74, 6) is 0.994. The largest absolute Gasteiger partial charge is 0.494 e. The van der Waals surface area contributed by atoms with Crippen molar-refractivity contribution >= 4 is 0 Å². The zero-order chi connectivity index (χ0) is 14.4. The fraction of sp³-hybridized carbons (Fsp3) is 0.647. The first-order valence-electron chi connectivity index (χ1n) is 7.77. The fourth-order valence-corrected chi connectivity index (χ4v) is 2.71. The summed E-state index contributed by atoms with van der Waals surface area (Å²) in [7, 11) is 2.20. The van der Waals surface area contributed by atoms with Crippen LogP contribution in [-0.2, 0) is 0 Å². The van der Waals surface area contributed by atoms with Gasteiger partial charge in [-0.05, 0) is 70.0 Å². The zero-order valence-electron chi connectivity index (χ0n) is 13.1. The van der Waals surface area contributed by atoms with Crippen molar-refractivity contribution in [3.63, 3.8) is 0 Å². The van der Waals surface area contributed by atoms with Gasteiger partial charge in [0, 0.05) is 19.1 Å². The third kappa shape index (κ3) is 4.80. The Kier molecular flexibility index (Phi) is 5.86. The van der Waals surface area contributed by atoms with Gasteiger partial charge in [0.2, 0.25) is 0 Å². The molecule has 0 spiro atoms. The van der Waals surface area contributed by atoms with E-state index in [0.29, 0.717) is 6.04 Å². The summed E-state index contributed by atoms with van der Waals surface area (Å²) in [6, 6.07) is 7.01. The summed E-state index contributed by atoms with van der Waals surface area (Å²) in [6.45, 7) is 8.50. The van der Waals surface area contributed by atoms with Crippen LogP contribution in [0.25, 0.3) is 0 Å². The summed E-state index contributed by atoms with van der Waals surface area (Å²) >= 11 is 0. The van der Waals surface area contributed by atoms with E-state index < -0.39 is 0 Å². The summed E-state index contributed by atoms with van der Waals surface area (Å²) < 4.78 is 5.82. The van der Waals surface area contributed by atoms with Crippen LogP contribution in [0.15, 0.2) is 18.2 Å². The second-order valence-corrected chi connectivity index (χ2v) is 6.00. The predicted molar refractivity (Wildman–Crippen MR) is 84.5 cm³/mol. The van der Waals surface area contributed by atoms with E-state index in [9.17, 15) is 0 Å². The van der Waals surface area contributed by atoms with Gasteiger partial charge in [0.15, 0.2) is 0 Å². The first kappa shape index (κ1) is 15.3. The minimum atomic E-state index is 0.695. The molecule has 1 saturated heterocycles. The molecule has 1 aliphatic heterocycles. The van der Waals surface area contributed by atoms with Gasteiger partial charge in [-0.25, -0.2) is 0 Å². The molecule has 0 bridgehead atoms. The Morgan fingerprint density at radius 3 is 2.85 bits per heavy atom. The average molecular weight is 276 g/mol. The highest BCUT2D eigenvalue weighted by atomic mass is 16.5. The molecule has 1 aromatic carbocycles. The maximum absolute atomic E-state index is 5.82. The number of nitrogens with one attached hydrogen (secondary N) is 1. The van der Waals surface area contributed by atoms with Gasteiger partial charge >= 0.3 is 0 Å². The Morgan fingerprint density at radius 2 is 2.15 bits per heavy atom. The van der Waals surface area contributed by atoms with Gasteiger partial charge in [-0.2, -0.15) is 0 Å². The molecule has 0 amide bonds. The van der Waals surface area contributed by atoms with Crippen molar-refractivity contribution < 1.29 is 4.74 Å². The van der Waals surface area contributed by atoms with Gasteiger partial charge in [-0.1, -0.05) is 6.07 Å². The van der Waals surface area contributed by atoms with Crippen LogP contribution in [-0.4, -0.2) is 44.2 Å². The summed E-state index contributed by atoms with van der Waals surface area (Å²) in [5, 5.41) is 3.54. The molecule has 1 aliphatic rings. The lowest BCUT2D eigenvalue weighted by Gasteiger charge is -2.21. The molecule has 112 valence electrons. The first-order valence-corrected chi connectivity index (χ1v) is 7.77. The number of aryl methyl sites for hydroxylation is 2. The van der Waals surface area contributed by atoms with E-state index in [1.54, 1.807) is 0 Å². The van der Waals surface area contributed by atoms with Gasteiger partial charge in [0.05, 0.1) is 6.61 Å². The maximum Gasteiger partial charge on any atom is 0.119 e. The quantitative estimate of drug-likeness (QED) is 0.775. The van der Waals surface area contributed by atoms with Crippen LogP contribution >= 0.6 is 0 Å². The standard InChI is InChI=1S/C17H28N2O/c1-14-7-8-17(12-15(14)2)20-11-5-10-19(3)13-16-6-4-9-18-16/h7-8,12,16,18H,4-6,9-11,13H2,1-3H3. The molecule has 1 unspecified atom stereocenters. The molecule has 3 nitrogen and oxygen atoms in total. The molecule has 3 heteroatoms. The maximum atomic E-state index is 5.82. The van der Waals surface area contributed by atoms with Gasteiger partial charge in [-0.3, -0.25) is 0 Å². The van der Waals surface area contributed by atoms with Crippen molar-refractivity contribution in [3.8, 4) is 5.75 Å². The van der Waals surface area contributed by atoms with Gasteiger partial charge < -0.3 is 15.0 Å². The van der Waals surface area contributed by atoms with E-state index in [1.807, 2.05) is 0 Å². The lowest BCUT2D eigenvalue weighted by Crippen LogP contribution is -2.36. The van der Waals surface area contributed by atoms with Crippen LogP contribution in [0.5, 0.6) is 5.75 Å². The number of benzene rings is 1. The Hall–Kier alpha value is -1.06. The molecule has 1 heterocycles. The molecule has 0 aliphatic carbocycles. The number of rotatable bonds is 7. The third-order valence-electron chi connectivity index (χ3n) is 4.13. The van der Waals surface area contributed by atoms with Gasteiger partial charge in [0.1, 0.15) is 5.75 Å². The molecule has 0 radical (unpaired) electrons. The Morgan fingerprint density at radius 1 is 1.30 bits per heavy atom. The Balaban J connectivity index is 1.61. The van der Waals surface area contributed by atoms with Crippen LogP contribution in [0.2, 0.25) is 0 Å². The number of nitrogens with zero attached hydrogens (tertiary/aromatic N) is 1. The highest BCUT2D eigenvalue weighted by molar-refractivity contribution is 5.33. The van der Waals surface area contributed by atoms with Crippen LogP contribution in [0.4, 0.5) is 0 Å². The van der Waals surface area contributed by atoms with E-state index in [1.165, 1.54) is 30.5 Å². The lowest BCUT2D eigenvalue weighted by atomic mass is 10.1. The molecule has 20 heavy (non-hydrogen) atoms. The topological polar surface area (TPSA) is 24.5 Å². The SMILES string of the molecule is Cc1ccc(OCCCN(C)CC2CCCN2)cc1C. The Labute approximate surface area is 123 Å². The molecular weight excluding hydrogens is 248 g/mol. The fourth-order valence-electron chi connectivity index (χ4n) is 2.71. The Bertz CT molecular complexity index is 413. The summed E-state index contributed by atoms with van der Waals surface area (Å²) in [4.78, 5) is 2.41. The van der Waals surface area contributed by atoms with Crippen LogP contribution in [0.1, 0.15) is 30.4 Å². The molecular formula is C17H28N2O. The van der Waals surface area contributed by atoms with Crippen molar-refractivity contribution in [2.75, 3.05) is 33.3 Å². The van der Waals surface area contributed by atoms with E-state index in [4.69, 9.17) is 4.74 Å². The third-order valence-corrected chi connectivity index (χ3v) is 4.13. The molecule has 1 fully saturated rings. The second kappa shape index (κ2) is 7.65. The van der Waals surface area contributed by atoms with E-state index >= 15 is 0 Å². The van der Waals surface area contributed by atoms with Crippen LogP contribution < -0.4 is 10.1 Å². The highest BCUT2D eigenvalue weighted by Crippen LogP contribution is 2.16. The van der Waals surface area contributed by atoms with Crippen molar-refractivity contribution in [3.05, 3.63) is 29.3 Å². The van der Waals surface area contributed by atoms with E-state index in [2.05, 4.69) is 49.3 Å². The molecule has 1 aromatic rings. The van der Waals surface area contributed by atoms with Crippen molar-refractivity contribution in [2.45, 2.75) is 39.2 Å². The molecule has 0 saturated carbocycles. The minimum Gasteiger partial charge on any atom is -0.494 e. The van der Waals surface area contributed by atoms with Crippen molar-refractivity contribution in [2.24, 2.45) is 0 Å². The number of ether oxygens (including phenoxy) is 1. The number of hydrogen-bond donors (Lipinski definition) is 1. The monoisotopic (exact) mass is 276 g/mol. The minimum absolute atomic E-state index is 0.695. The van der Waals surface area contributed by atoms with Crippen LogP contribution in [0, 0.1) is 13.8 Å². The number of hydrogen-bond acceptors (Lipinski definition) is 3. The second-order valence-electron chi connectivity index (χ2n) is 6.00. The van der Waals surface area contributed by atoms with Crippen molar-refractivity contribution in [1.29, 1.82) is 0 Å². The van der Waals surface area contributed by atoms with Crippen LogP contribution in [0.3, 0.4) is 0 Å². The molecule has 1 N–H and O–H groups in total. The normalized spacial score (nSPS) is 18.7. The molecule has 1 atom stereocenters. The average Bonchev–Trinajstić information content (AvgIpc) is 2.91. The van der Waals surface area contributed by atoms with E-state index in [-0.39, 0.29) is 0 Å². The van der Waals surface area contributed by atoms with E-state index in [0.717, 1.165) is 31.9 Å². The first-order chi connectivity index (χ1) is 9.65. The molecule has 0 aromatic heterocycles. The highest BCUT2D eigenvalue weighted by Gasteiger charge is 2.15.